The summed E-state index contributed by atoms with van der Waals surface area (Å²) < 4.78 is 0. The van der Waals surface area contributed by atoms with Crippen LogP contribution in [-0.4, -0.2) is 47.4 Å². The first-order valence-electron chi connectivity index (χ1n) is 7.80. The lowest BCUT2D eigenvalue weighted by atomic mass is 10.0. The highest BCUT2D eigenvalue weighted by atomic mass is 16.2. The van der Waals surface area contributed by atoms with Gasteiger partial charge >= 0.3 is 0 Å². The molecule has 1 fully saturated rings. The van der Waals surface area contributed by atoms with Gasteiger partial charge in [-0.05, 0) is 31.7 Å². The summed E-state index contributed by atoms with van der Waals surface area (Å²) in [5.41, 5.74) is 1.74. The van der Waals surface area contributed by atoms with Crippen molar-refractivity contribution in [3.63, 3.8) is 0 Å². The Hall–Kier alpha value is -2.40. The minimum Gasteiger partial charge on any atom is -0.329 e. The average molecular weight is 311 g/mol. The van der Waals surface area contributed by atoms with E-state index in [1.807, 2.05) is 35.2 Å². The number of rotatable bonds is 2. The highest BCUT2D eigenvalue weighted by Gasteiger charge is 2.31. The number of likely N-dealkylation sites (N-methyl/N-ethyl adjacent to an activating group) is 1. The lowest BCUT2D eigenvalue weighted by Gasteiger charge is -2.40. The molecule has 0 saturated carbocycles. The van der Waals surface area contributed by atoms with Gasteiger partial charge in [-0.15, -0.1) is 0 Å². The molecule has 0 spiro atoms. The maximum absolute atomic E-state index is 12.9. The van der Waals surface area contributed by atoms with Gasteiger partial charge < -0.3 is 14.8 Å². The molecule has 1 saturated heterocycles. The first kappa shape index (κ1) is 15.5. The number of pyridine rings is 1. The Labute approximate surface area is 135 Å². The summed E-state index contributed by atoms with van der Waals surface area (Å²) >= 11 is 0. The van der Waals surface area contributed by atoms with Crippen molar-refractivity contribution in [2.75, 3.05) is 26.7 Å². The van der Waals surface area contributed by atoms with Crippen LogP contribution in [0.2, 0.25) is 0 Å². The second kappa shape index (κ2) is 6.38. The number of hydrogen-bond acceptors (Lipinski definition) is 3. The minimum absolute atomic E-state index is 0.0387. The molecule has 1 N–H and O–H groups in total. The Morgan fingerprint density at radius 3 is 2.57 bits per heavy atom. The molecule has 23 heavy (non-hydrogen) atoms. The highest BCUT2D eigenvalue weighted by molar-refractivity contribution is 5.94. The van der Waals surface area contributed by atoms with Crippen molar-refractivity contribution in [1.29, 1.82) is 0 Å². The molecule has 2 aromatic rings. The van der Waals surface area contributed by atoms with Crippen molar-refractivity contribution in [1.82, 2.24) is 14.8 Å². The van der Waals surface area contributed by atoms with Crippen molar-refractivity contribution in [3.05, 3.63) is 69.6 Å². The molecule has 0 aliphatic carbocycles. The van der Waals surface area contributed by atoms with Crippen LogP contribution in [0, 0.1) is 6.92 Å². The number of H-pyrrole nitrogens is 1. The third kappa shape index (κ3) is 3.19. The Kier molecular flexibility index (Phi) is 4.30. The Morgan fingerprint density at radius 2 is 1.87 bits per heavy atom. The number of aryl methyl sites for hydroxylation is 1. The lowest BCUT2D eigenvalue weighted by Crippen LogP contribution is -2.50. The molecular formula is C18H21N3O2. The number of benzene rings is 1. The van der Waals surface area contributed by atoms with Gasteiger partial charge in [0.15, 0.2) is 0 Å². The van der Waals surface area contributed by atoms with E-state index in [4.69, 9.17) is 0 Å². The van der Waals surface area contributed by atoms with Crippen LogP contribution in [0.5, 0.6) is 0 Å². The van der Waals surface area contributed by atoms with Crippen LogP contribution in [0.4, 0.5) is 0 Å². The van der Waals surface area contributed by atoms with E-state index in [0.717, 1.165) is 24.3 Å². The summed E-state index contributed by atoms with van der Waals surface area (Å²) in [5, 5.41) is 0. The largest absolute Gasteiger partial charge is 0.329 e. The summed E-state index contributed by atoms with van der Waals surface area (Å²) in [7, 11) is 2.05. The van der Waals surface area contributed by atoms with Gasteiger partial charge in [0.1, 0.15) is 5.56 Å². The third-order valence-corrected chi connectivity index (χ3v) is 4.31. The fourth-order valence-corrected chi connectivity index (χ4v) is 3.02. The van der Waals surface area contributed by atoms with Gasteiger partial charge in [-0.25, -0.2) is 0 Å². The SMILES string of the molecule is Cc1ccc(C(=O)N2CCN(C)C[C@@H]2c2ccccc2)c(=O)[nH]1. The summed E-state index contributed by atoms with van der Waals surface area (Å²) in [6.07, 6.45) is 0. The summed E-state index contributed by atoms with van der Waals surface area (Å²) in [5.74, 6) is -0.201. The minimum atomic E-state index is -0.319. The van der Waals surface area contributed by atoms with Gasteiger partial charge in [-0.3, -0.25) is 9.59 Å². The molecule has 0 unspecified atom stereocenters. The number of carbonyl (C=O) groups is 1. The smallest absolute Gasteiger partial charge is 0.260 e. The summed E-state index contributed by atoms with van der Waals surface area (Å²) in [4.78, 5) is 31.8. The molecule has 3 rings (SSSR count). The number of piperazine rings is 1. The number of amides is 1. The normalized spacial score (nSPS) is 18.9. The number of hydrogen-bond donors (Lipinski definition) is 1. The van der Waals surface area contributed by atoms with Gasteiger partial charge in [-0.1, -0.05) is 30.3 Å². The molecule has 1 aliphatic heterocycles. The first-order valence-corrected chi connectivity index (χ1v) is 7.80. The van der Waals surface area contributed by atoms with Gasteiger partial charge in [0, 0.05) is 25.3 Å². The zero-order valence-electron chi connectivity index (χ0n) is 13.5. The molecule has 120 valence electrons. The number of aromatic nitrogens is 1. The van der Waals surface area contributed by atoms with Crippen molar-refractivity contribution in [3.8, 4) is 0 Å². The Balaban J connectivity index is 1.95. The van der Waals surface area contributed by atoms with Crippen LogP contribution in [0.1, 0.15) is 27.7 Å². The van der Waals surface area contributed by atoms with Gasteiger partial charge in [0.25, 0.3) is 11.5 Å². The van der Waals surface area contributed by atoms with Crippen LogP contribution < -0.4 is 5.56 Å². The molecule has 1 aromatic carbocycles. The zero-order valence-corrected chi connectivity index (χ0v) is 13.5. The molecule has 0 radical (unpaired) electrons. The molecule has 1 aromatic heterocycles. The summed E-state index contributed by atoms with van der Waals surface area (Å²) in [6.45, 7) is 3.98. The molecule has 1 amide bonds. The third-order valence-electron chi connectivity index (χ3n) is 4.31. The topological polar surface area (TPSA) is 56.4 Å². The molecule has 1 atom stereocenters. The molecule has 5 nitrogen and oxygen atoms in total. The molecular weight excluding hydrogens is 290 g/mol. The number of carbonyl (C=O) groups excluding carboxylic acids is 1. The second-order valence-electron chi connectivity index (χ2n) is 6.07. The van der Waals surface area contributed by atoms with E-state index in [2.05, 4.69) is 16.9 Å². The van der Waals surface area contributed by atoms with Crippen LogP contribution in [-0.2, 0) is 0 Å². The van der Waals surface area contributed by atoms with Gasteiger partial charge in [0.05, 0.1) is 6.04 Å². The van der Waals surface area contributed by atoms with Gasteiger partial charge in [0.2, 0.25) is 0 Å². The van der Waals surface area contributed by atoms with Crippen LogP contribution in [0.15, 0.2) is 47.3 Å². The molecule has 0 bridgehead atoms. The maximum Gasteiger partial charge on any atom is 0.260 e. The standard InChI is InChI=1S/C18H21N3O2/c1-13-8-9-15(17(22)19-13)18(23)21-11-10-20(2)12-16(21)14-6-4-3-5-7-14/h3-9,16H,10-12H2,1-2H3,(H,19,22)/t16-/m1/s1. The van der Waals surface area contributed by atoms with Crippen LogP contribution >= 0.6 is 0 Å². The fourth-order valence-electron chi connectivity index (χ4n) is 3.02. The van der Waals surface area contributed by atoms with E-state index < -0.39 is 0 Å². The molecule has 2 heterocycles. The predicted molar refractivity (Wildman–Crippen MR) is 89.5 cm³/mol. The van der Waals surface area contributed by atoms with E-state index in [1.165, 1.54) is 0 Å². The fraction of sp³-hybridized carbons (Fsp3) is 0.333. The zero-order chi connectivity index (χ0) is 16.4. The van der Waals surface area contributed by atoms with E-state index in [9.17, 15) is 9.59 Å². The molecule has 1 aliphatic rings. The maximum atomic E-state index is 12.9. The highest BCUT2D eigenvalue weighted by Crippen LogP contribution is 2.26. The van der Waals surface area contributed by atoms with Crippen LogP contribution in [0.3, 0.4) is 0 Å². The Morgan fingerprint density at radius 1 is 1.13 bits per heavy atom. The van der Waals surface area contributed by atoms with Crippen molar-refractivity contribution >= 4 is 5.91 Å². The number of nitrogens with one attached hydrogen (secondary N) is 1. The van der Waals surface area contributed by atoms with E-state index in [0.29, 0.717) is 6.54 Å². The van der Waals surface area contributed by atoms with E-state index in [1.54, 1.807) is 19.1 Å². The predicted octanol–water partition coefficient (Wildman–Crippen LogP) is 1.81. The number of nitrogens with zero attached hydrogens (tertiary/aromatic N) is 2. The average Bonchev–Trinajstić information content (AvgIpc) is 2.55. The first-order chi connectivity index (χ1) is 11.1. The molecule has 5 heteroatoms. The van der Waals surface area contributed by atoms with Crippen LogP contribution in [0.25, 0.3) is 0 Å². The number of aromatic amines is 1. The van der Waals surface area contributed by atoms with Crippen molar-refractivity contribution in [2.24, 2.45) is 0 Å². The monoisotopic (exact) mass is 311 g/mol. The summed E-state index contributed by atoms with van der Waals surface area (Å²) in [6, 6.07) is 13.3. The lowest BCUT2D eigenvalue weighted by molar-refractivity contribution is 0.0496. The van der Waals surface area contributed by atoms with E-state index >= 15 is 0 Å². The second-order valence-corrected chi connectivity index (χ2v) is 6.07. The Bertz CT molecular complexity index is 754. The van der Waals surface area contributed by atoms with Crippen molar-refractivity contribution < 1.29 is 4.79 Å². The van der Waals surface area contributed by atoms with Gasteiger partial charge in [-0.2, -0.15) is 0 Å². The van der Waals surface area contributed by atoms with E-state index in [-0.39, 0.29) is 23.1 Å². The van der Waals surface area contributed by atoms with Crippen molar-refractivity contribution in [2.45, 2.75) is 13.0 Å². The quantitative estimate of drug-likeness (QED) is 0.920.